The van der Waals surface area contributed by atoms with Gasteiger partial charge in [0.15, 0.2) is 0 Å². The predicted molar refractivity (Wildman–Crippen MR) is 63.1 cm³/mol. The zero-order valence-electron chi connectivity index (χ0n) is 7.74. The third-order valence-electron chi connectivity index (χ3n) is 1.41. The molecular weight excluding hydrogens is 218 g/mol. The summed E-state index contributed by atoms with van der Waals surface area (Å²) in [6, 6.07) is 1.80. The van der Waals surface area contributed by atoms with E-state index in [4.69, 9.17) is 11.6 Å². The summed E-state index contributed by atoms with van der Waals surface area (Å²) in [4.78, 5) is 7.80. The molecule has 0 spiro atoms. The molecule has 0 aromatic carbocycles. The molecule has 0 unspecified atom stereocenters. The number of halogens is 1. The van der Waals surface area contributed by atoms with Crippen LogP contribution in [0.5, 0.6) is 0 Å². The summed E-state index contributed by atoms with van der Waals surface area (Å²) in [5.74, 6) is 2.77. The van der Waals surface area contributed by atoms with Gasteiger partial charge in [0.05, 0.1) is 0 Å². The van der Waals surface area contributed by atoms with Crippen molar-refractivity contribution in [2.45, 2.75) is 0 Å². The van der Waals surface area contributed by atoms with E-state index in [1.165, 1.54) is 0 Å². The van der Waals surface area contributed by atoms with Gasteiger partial charge in [-0.25, -0.2) is 9.97 Å². The highest BCUT2D eigenvalue weighted by molar-refractivity contribution is 7.99. The van der Waals surface area contributed by atoms with Crippen LogP contribution in [0.15, 0.2) is 24.9 Å². The molecule has 0 saturated carbocycles. The van der Waals surface area contributed by atoms with Crippen LogP contribution in [0.1, 0.15) is 0 Å². The first-order valence-electron chi connectivity index (χ1n) is 4.24. The van der Waals surface area contributed by atoms with Gasteiger partial charge >= 0.3 is 0 Å². The smallest absolute Gasteiger partial charge is 0.224 e. The normalized spacial score (nSPS) is 9.79. The molecule has 0 atom stereocenters. The molecule has 0 aliphatic carbocycles. The minimum absolute atomic E-state index is 0.272. The van der Waals surface area contributed by atoms with Gasteiger partial charge in [0.25, 0.3) is 0 Å². The van der Waals surface area contributed by atoms with E-state index in [0.29, 0.717) is 0 Å². The number of anilines is 1. The van der Waals surface area contributed by atoms with Crippen LogP contribution in [0.25, 0.3) is 0 Å². The van der Waals surface area contributed by atoms with Crippen molar-refractivity contribution in [2.24, 2.45) is 0 Å². The molecule has 0 bridgehead atoms. The third-order valence-corrected chi connectivity index (χ3v) is 2.56. The highest BCUT2D eigenvalue weighted by Crippen LogP contribution is 2.06. The fourth-order valence-corrected chi connectivity index (χ4v) is 1.58. The van der Waals surface area contributed by atoms with E-state index < -0.39 is 0 Å². The molecular formula is C9H12ClN3S. The Bertz CT molecular complexity index is 293. The monoisotopic (exact) mass is 229 g/mol. The Labute approximate surface area is 93.0 Å². The van der Waals surface area contributed by atoms with E-state index in [9.17, 15) is 0 Å². The lowest BCUT2D eigenvalue weighted by molar-refractivity contribution is 1.12. The lowest BCUT2D eigenvalue weighted by Gasteiger charge is -2.03. The van der Waals surface area contributed by atoms with Gasteiger partial charge in [-0.1, -0.05) is 6.08 Å². The van der Waals surface area contributed by atoms with Crippen molar-refractivity contribution in [3.63, 3.8) is 0 Å². The second kappa shape index (κ2) is 6.68. The predicted octanol–water partition coefficient (Wildman–Crippen LogP) is 2.46. The summed E-state index contributed by atoms with van der Waals surface area (Å²) in [5.41, 5.74) is 0. The van der Waals surface area contributed by atoms with Gasteiger partial charge in [-0.15, -0.1) is 6.58 Å². The van der Waals surface area contributed by atoms with Crippen LogP contribution in [-0.2, 0) is 0 Å². The molecule has 0 aliphatic heterocycles. The average Bonchev–Trinajstić information content (AvgIpc) is 2.18. The second-order valence-corrected chi connectivity index (χ2v) is 3.99. The number of nitrogens with zero attached hydrogens (tertiary/aromatic N) is 2. The second-order valence-electron chi connectivity index (χ2n) is 2.50. The minimum Gasteiger partial charge on any atom is -0.369 e. The number of nitrogens with one attached hydrogen (secondary N) is 1. The van der Waals surface area contributed by atoms with E-state index in [-0.39, 0.29) is 5.28 Å². The summed E-state index contributed by atoms with van der Waals surface area (Å²) in [6.07, 6.45) is 3.53. The first kappa shape index (κ1) is 11.3. The summed E-state index contributed by atoms with van der Waals surface area (Å²) >= 11 is 7.45. The van der Waals surface area contributed by atoms with Crippen LogP contribution in [0.3, 0.4) is 0 Å². The molecule has 1 rings (SSSR count). The highest BCUT2D eigenvalue weighted by atomic mass is 35.5. The first-order chi connectivity index (χ1) is 6.83. The summed E-state index contributed by atoms with van der Waals surface area (Å²) in [5, 5.41) is 3.43. The fourth-order valence-electron chi connectivity index (χ4n) is 0.851. The lowest BCUT2D eigenvalue weighted by atomic mass is 10.5. The summed E-state index contributed by atoms with van der Waals surface area (Å²) < 4.78 is 0. The topological polar surface area (TPSA) is 37.8 Å². The van der Waals surface area contributed by atoms with Crippen molar-refractivity contribution >= 4 is 29.2 Å². The zero-order chi connectivity index (χ0) is 10.2. The Morgan fingerprint density at radius 3 is 3.21 bits per heavy atom. The van der Waals surface area contributed by atoms with Crippen LogP contribution in [0.2, 0.25) is 5.28 Å². The Kier molecular flexibility index (Phi) is 5.40. The number of rotatable bonds is 6. The minimum atomic E-state index is 0.272. The van der Waals surface area contributed by atoms with E-state index >= 15 is 0 Å². The van der Waals surface area contributed by atoms with Crippen LogP contribution < -0.4 is 5.32 Å². The van der Waals surface area contributed by atoms with E-state index in [2.05, 4.69) is 21.9 Å². The Morgan fingerprint density at radius 1 is 1.64 bits per heavy atom. The van der Waals surface area contributed by atoms with Crippen LogP contribution >= 0.6 is 23.4 Å². The van der Waals surface area contributed by atoms with Crippen molar-refractivity contribution in [3.8, 4) is 0 Å². The van der Waals surface area contributed by atoms with Gasteiger partial charge in [-0.05, 0) is 17.7 Å². The van der Waals surface area contributed by atoms with E-state index in [1.807, 2.05) is 17.8 Å². The maximum atomic E-state index is 5.63. The molecule has 5 heteroatoms. The zero-order valence-corrected chi connectivity index (χ0v) is 9.31. The molecule has 1 aromatic heterocycles. The van der Waals surface area contributed by atoms with Gasteiger partial charge in [0.2, 0.25) is 5.28 Å². The van der Waals surface area contributed by atoms with Gasteiger partial charge in [0, 0.05) is 24.2 Å². The Morgan fingerprint density at radius 2 is 2.50 bits per heavy atom. The molecule has 0 saturated heterocycles. The van der Waals surface area contributed by atoms with Crippen molar-refractivity contribution in [1.82, 2.24) is 9.97 Å². The number of thioether (sulfide) groups is 1. The van der Waals surface area contributed by atoms with Crippen LogP contribution in [0, 0.1) is 0 Å². The van der Waals surface area contributed by atoms with Gasteiger partial charge in [-0.3, -0.25) is 0 Å². The Balaban J connectivity index is 2.21. The van der Waals surface area contributed by atoms with E-state index in [1.54, 1.807) is 12.3 Å². The number of aromatic nitrogens is 2. The largest absolute Gasteiger partial charge is 0.369 e. The number of hydrogen-bond donors (Lipinski definition) is 1. The molecule has 0 aliphatic rings. The number of hydrogen-bond acceptors (Lipinski definition) is 4. The standard InChI is InChI=1S/C9H12ClN3S/c1-2-6-14-7-5-11-8-3-4-12-9(10)13-8/h2-4H,1,5-7H2,(H,11,12,13). The summed E-state index contributed by atoms with van der Waals surface area (Å²) in [6.45, 7) is 4.52. The molecule has 0 amide bonds. The highest BCUT2D eigenvalue weighted by Gasteiger charge is 1.94. The van der Waals surface area contributed by atoms with Gasteiger partial charge in [0.1, 0.15) is 5.82 Å². The summed E-state index contributed by atoms with van der Waals surface area (Å²) in [7, 11) is 0. The SMILES string of the molecule is C=CCSCCNc1ccnc(Cl)n1. The fraction of sp³-hybridized carbons (Fsp3) is 0.333. The van der Waals surface area contributed by atoms with Crippen LogP contribution in [0.4, 0.5) is 5.82 Å². The quantitative estimate of drug-likeness (QED) is 0.462. The first-order valence-corrected chi connectivity index (χ1v) is 5.77. The molecule has 3 nitrogen and oxygen atoms in total. The molecule has 1 aromatic rings. The molecule has 76 valence electrons. The van der Waals surface area contributed by atoms with Crippen molar-refractivity contribution in [2.75, 3.05) is 23.4 Å². The van der Waals surface area contributed by atoms with Crippen molar-refractivity contribution < 1.29 is 0 Å². The maximum absolute atomic E-state index is 5.63. The molecule has 14 heavy (non-hydrogen) atoms. The molecule has 1 heterocycles. The molecule has 0 fully saturated rings. The van der Waals surface area contributed by atoms with Crippen molar-refractivity contribution in [1.29, 1.82) is 0 Å². The van der Waals surface area contributed by atoms with Gasteiger partial charge < -0.3 is 5.32 Å². The van der Waals surface area contributed by atoms with E-state index in [0.717, 1.165) is 23.9 Å². The van der Waals surface area contributed by atoms with Gasteiger partial charge in [-0.2, -0.15) is 11.8 Å². The maximum Gasteiger partial charge on any atom is 0.224 e. The molecule has 0 radical (unpaired) electrons. The average molecular weight is 230 g/mol. The Hall–Kier alpha value is -0.740. The lowest BCUT2D eigenvalue weighted by Crippen LogP contribution is -2.06. The molecule has 1 N–H and O–H groups in total. The van der Waals surface area contributed by atoms with Crippen molar-refractivity contribution in [3.05, 3.63) is 30.2 Å². The third kappa shape index (κ3) is 4.48. The van der Waals surface area contributed by atoms with Crippen LogP contribution in [-0.4, -0.2) is 28.0 Å².